The van der Waals surface area contributed by atoms with E-state index >= 15 is 0 Å². The van der Waals surface area contributed by atoms with Gasteiger partial charge in [-0.2, -0.15) is 0 Å². The van der Waals surface area contributed by atoms with Crippen molar-refractivity contribution in [2.45, 2.75) is 33.1 Å². The SMILES string of the molecule is CCCn1nnnc1COC(=O)c1occc1COc1ccccc1. The van der Waals surface area contributed by atoms with Crippen LogP contribution in [0.5, 0.6) is 5.75 Å². The molecule has 0 unspecified atom stereocenters. The molecule has 8 nitrogen and oxygen atoms in total. The predicted octanol–water partition coefficient (Wildman–Crippen LogP) is 2.61. The van der Waals surface area contributed by atoms with Crippen molar-refractivity contribution in [3.63, 3.8) is 0 Å². The third-order valence-corrected chi connectivity index (χ3v) is 3.44. The summed E-state index contributed by atoms with van der Waals surface area (Å²) in [5.74, 6) is 0.735. The molecule has 0 amide bonds. The Balaban J connectivity index is 1.59. The fourth-order valence-electron chi connectivity index (χ4n) is 2.21. The van der Waals surface area contributed by atoms with E-state index in [4.69, 9.17) is 13.9 Å². The molecule has 0 saturated carbocycles. The number of carbonyl (C=O) groups is 1. The van der Waals surface area contributed by atoms with Crippen LogP contribution in [0.2, 0.25) is 0 Å². The predicted molar refractivity (Wildman–Crippen MR) is 86.7 cm³/mol. The lowest BCUT2D eigenvalue weighted by atomic mass is 10.2. The number of aryl methyl sites for hydroxylation is 1. The lowest BCUT2D eigenvalue weighted by molar-refractivity contribution is 0.0416. The third kappa shape index (κ3) is 4.23. The number of hydrogen-bond donors (Lipinski definition) is 0. The van der Waals surface area contributed by atoms with Crippen molar-refractivity contribution >= 4 is 5.97 Å². The number of furan rings is 1. The van der Waals surface area contributed by atoms with E-state index in [1.54, 1.807) is 10.7 Å². The van der Waals surface area contributed by atoms with Gasteiger partial charge in [-0.1, -0.05) is 25.1 Å². The number of nitrogens with zero attached hydrogens (tertiary/aromatic N) is 4. The van der Waals surface area contributed by atoms with Crippen molar-refractivity contribution in [2.75, 3.05) is 0 Å². The molecular weight excluding hydrogens is 324 g/mol. The molecule has 0 aliphatic rings. The number of tetrazole rings is 1. The number of aromatic nitrogens is 4. The molecule has 2 aromatic heterocycles. The molecule has 0 bridgehead atoms. The second-order valence-corrected chi connectivity index (χ2v) is 5.27. The zero-order valence-electron chi connectivity index (χ0n) is 13.8. The molecule has 0 aliphatic heterocycles. The average Bonchev–Trinajstić information content (AvgIpc) is 3.28. The Bertz CT molecular complexity index is 813. The lowest BCUT2D eigenvalue weighted by Crippen LogP contribution is -2.12. The van der Waals surface area contributed by atoms with Gasteiger partial charge in [-0.3, -0.25) is 0 Å². The molecule has 0 radical (unpaired) electrons. The molecule has 0 fully saturated rings. The number of ether oxygens (including phenoxy) is 2. The van der Waals surface area contributed by atoms with Crippen LogP contribution in [0.25, 0.3) is 0 Å². The molecule has 0 spiro atoms. The third-order valence-electron chi connectivity index (χ3n) is 3.44. The number of para-hydroxylation sites is 1. The highest BCUT2D eigenvalue weighted by Gasteiger charge is 2.19. The van der Waals surface area contributed by atoms with E-state index in [1.807, 2.05) is 37.3 Å². The normalized spacial score (nSPS) is 10.6. The second-order valence-electron chi connectivity index (χ2n) is 5.27. The maximum absolute atomic E-state index is 12.3. The molecule has 2 heterocycles. The van der Waals surface area contributed by atoms with Gasteiger partial charge in [0.25, 0.3) is 0 Å². The molecule has 130 valence electrons. The van der Waals surface area contributed by atoms with Gasteiger partial charge in [0.1, 0.15) is 12.4 Å². The highest BCUT2D eigenvalue weighted by molar-refractivity contribution is 5.87. The van der Waals surface area contributed by atoms with Crippen LogP contribution in [0.1, 0.15) is 35.3 Å². The van der Waals surface area contributed by atoms with Crippen LogP contribution in [-0.4, -0.2) is 26.2 Å². The van der Waals surface area contributed by atoms with Crippen LogP contribution >= 0.6 is 0 Å². The summed E-state index contributed by atoms with van der Waals surface area (Å²) in [5.41, 5.74) is 0.613. The summed E-state index contributed by atoms with van der Waals surface area (Å²) in [6.07, 6.45) is 2.31. The minimum Gasteiger partial charge on any atom is -0.489 e. The van der Waals surface area contributed by atoms with E-state index in [1.165, 1.54) is 6.26 Å². The summed E-state index contributed by atoms with van der Waals surface area (Å²) >= 11 is 0. The van der Waals surface area contributed by atoms with Gasteiger partial charge in [0.2, 0.25) is 5.76 Å². The topological polar surface area (TPSA) is 92.3 Å². The lowest BCUT2D eigenvalue weighted by Gasteiger charge is -2.07. The summed E-state index contributed by atoms with van der Waals surface area (Å²) in [5, 5.41) is 11.3. The summed E-state index contributed by atoms with van der Waals surface area (Å²) in [6, 6.07) is 11.0. The first kappa shape index (κ1) is 16.7. The van der Waals surface area contributed by atoms with E-state index in [2.05, 4.69) is 15.5 Å². The molecule has 8 heteroatoms. The van der Waals surface area contributed by atoms with E-state index in [9.17, 15) is 4.79 Å². The quantitative estimate of drug-likeness (QED) is 0.581. The molecule has 0 aliphatic carbocycles. The Morgan fingerprint density at radius 1 is 1.20 bits per heavy atom. The summed E-state index contributed by atoms with van der Waals surface area (Å²) in [6.45, 7) is 2.86. The summed E-state index contributed by atoms with van der Waals surface area (Å²) < 4.78 is 17.8. The average molecular weight is 342 g/mol. The summed E-state index contributed by atoms with van der Waals surface area (Å²) in [7, 11) is 0. The van der Waals surface area contributed by atoms with Gasteiger partial charge in [-0.25, -0.2) is 9.48 Å². The Kier molecular flexibility index (Phi) is 5.40. The molecule has 25 heavy (non-hydrogen) atoms. The Morgan fingerprint density at radius 2 is 2.04 bits per heavy atom. The first-order valence-corrected chi connectivity index (χ1v) is 7.94. The van der Waals surface area contributed by atoms with Crippen molar-refractivity contribution in [1.82, 2.24) is 20.2 Å². The van der Waals surface area contributed by atoms with E-state index in [0.717, 1.165) is 6.42 Å². The van der Waals surface area contributed by atoms with Gasteiger partial charge in [-0.15, -0.1) is 5.10 Å². The van der Waals surface area contributed by atoms with Crippen molar-refractivity contribution in [3.8, 4) is 5.75 Å². The number of esters is 1. The largest absolute Gasteiger partial charge is 0.489 e. The van der Waals surface area contributed by atoms with Crippen molar-refractivity contribution < 1.29 is 18.7 Å². The maximum Gasteiger partial charge on any atom is 0.375 e. The van der Waals surface area contributed by atoms with Gasteiger partial charge in [0, 0.05) is 12.1 Å². The Labute approximate surface area is 144 Å². The molecule has 1 aromatic carbocycles. The van der Waals surface area contributed by atoms with Gasteiger partial charge in [0.15, 0.2) is 12.4 Å². The van der Waals surface area contributed by atoms with E-state index < -0.39 is 5.97 Å². The first-order valence-electron chi connectivity index (χ1n) is 7.94. The van der Waals surface area contributed by atoms with Crippen molar-refractivity contribution in [3.05, 3.63) is 59.8 Å². The van der Waals surface area contributed by atoms with Crippen LogP contribution < -0.4 is 4.74 Å². The number of hydrogen-bond acceptors (Lipinski definition) is 7. The van der Waals surface area contributed by atoms with Gasteiger partial charge >= 0.3 is 5.97 Å². The molecular formula is C17H18N4O4. The smallest absolute Gasteiger partial charge is 0.375 e. The van der Waals surface area contributed by atoms with E-state index in [-0.39, 0.29) is 19.0 Å². The second kappa shape index (κ2) is 8.09. The van der Waals surface area contributed by atoms with Gasteiger partial charge in [-0.05, 0) is 35.0 Å². The number of benzene rings is 1. The van der Waals surface area contributed by atoms with E-state index in [0.29, 0.717) is 23.7 Å². The maximum atomic E-state index is 12.3. The van der Waals surface area contributed by atoms with Gasteiger partial charge in [0.05, 0.1) is 6.26 Å². The van der Waals surface area contributed by atoms with Crippen LogP contribution in [0.3, 0.4) is 0 Å². The molecule has 0 saturated heterocycles. The van der Waals surface area contributed by atoms with Crippen LogP contribution in [-0.2, 0) is 24.5 Å². The van der Waals surface area contributed by atoms with Crippen LogP contribution in [0.4, 0.5) is 0 Å². The van der Waals surface area contributed by atoms with Crippen molar-refractivity contribution in [1.29, 1.82) is 0 Å². The number of carbonyl (C=O) groups excluding carboxylic acids is 1. The number of rotatable bonds is 8. The Hall–Kier alpha value is -3.16. The minimum atomic E-state index is -0.581. The Morgan fingerprint density at radius 3 is 2.84 bits per heavy atom. The molecule has 0 N–H and O–H groups in total. The highest BCUT2D eigenvalue weighted by Crippen LogP contribution is 2.17. The molecule has 3 rings (SSSR count). The van der Waals surface area contributed by atoms with Crippen LogP contribution in [0.15, 0.2) is 47.1 Å². The first-order chi connectivity index (χ1) is 12.3. The fraction of sp³-hybridized carbons (Fsp3) is 0.294. The zero-order chi connectivity index (χ0) is 17.5. The molecule has 0 atom stereocenters. The van der Waals surface area contributed by atoms with Crippen molar-refractivity contribution in [2.24, 2.45) is 0 Å². The summed E-state index contributed by atoms with van der Waals surface area (Å²) in [4.78, 5) is 12.3. The molecule has 3 aromatic rings. The monoisotopic (exact) mass is 342 g/mol. The highest BCUT2D eigenvalue weighted by atomic mass is 16.5. The minimum absolute atomic E-state index is 0.0223. The standard InChI is InChI=1S/C17H18N4O4/c1-2-9-21-15(18-19-20-21)12-25-17(22)16-13(8-10-23-16)11-24-14-6-4-3-5-7-14/h3-8,10H,2,9,11-12H2,1H3. The van der Waals surface area contributed by atoms with Gasteiger partial charge < -0.3 is 13.9 Å². The fourth-order valence-corrected chi connectivity index (χ4v) is 2.21. The zero-order valence-corrected chi connectivity index (χ0v) is 13.8. The van der Waals surface area contributed by atoms with Crippen LogP contribution in [0, 0.1) is 0 Å².